The van der Waals surface area contributed by atoms with E-state index in [0.29, 0.717) is 0 Å². The van der Waals surface area contributed by atoms with E-state index >= 15 is 0 Å². The second-order valence-electron chi connectivity index (χ2n) is 24.7. The Bertz CT molecular complexity index is 3170. The fourth-order valence-electron chi connectivity index (χ4n) is 13.7. The second-order valence-corrected chi connectivity index (χ2v) is 24.7. The molecule has 7 aromatic rings. The van der Waals surface area contributed by atoms with Crippen molar-refractivity contribution in [1.29, 1.82) is 0 Å². The lowest BCUT2D eigenvalue weighted by atomic mass is 9.28. The Morgan fingerprint density at radius 3 is 1.49 bits per heavy atom. The van der Waals surface area contributed by atoms with Gasteiger partial charge >= 0.3 is 0 Å². The molecule has 0 N–H and O–H groups in total. The van der Waals surface area contributed by atoms with Gasteiger partial charge in [-0.2, -0.15) is 0 Å². The minimum atomic E-state index is -0.403. The van der Waals surface area contributed by atoms with Crippen molar-refractivity contribution in [3.63, 3.8) is 0 Å². The van der Waals surface area contributed by atoms with Gasteiger partial charge < -0.3 is 14.7 Å². The standard InChI is InChI=1S/C64H68BN3/c1-59(2,3)41-30-32-45(33-31-41)66-52-28-20-25-49-56(52)65-57-50(64(49,12)42-22-14-13-15-23-42)26-21-29-53(57)67(46-37-43(60(4,5)6)36-44(38-46)61(7,8)9)55-40-47(39-54(66)58(55)65)68-51-27-17-16-24-48(51)62(10)34-18-19-35-63(62,68)11/h13-17,20-33,36-40H,18-19,34-35H2,1-12H3. The Balaban J connectivity index is 1.24. The van der Waals surface area contributed by atoms with Crippen molar-refractivity contribution in [3.8, 4) is 0 Å². The van der Waals surface area contributed by atoms with Gasteiger partial charge in [0.25, 0.3) is 6.71 Å². The summed E-state index contributed by atoms with van der Waals surface area (Å²) in [6, 6.07) is 57.4. The van der Waals surface area contributed by atoms with Crippen LogP contribution in [0.1, 0.15) is 148 Å². The highest BCUT2D eigenvalue weighted by Crippen LogP contribution is 2.62. The molecule has 7 aromatic carbocycles. The van der Waals surface area contributed by atoms with Gasteiger partial charge in [0.05, 0.1) is 5.54 Å². The van der Waals surface area contributed by atoms with Gasteiger partial charge in [-0.05, 0) is 153 Å². The van der Waals surface area contributed by atoms with Crippen LogP contribution in [0.5, 0.6) is 0 Å². The van der Waals surface area contributed by atoms with Gasteiger partial charge in [-0.3, -0.25) is 0 Å². The molecule has 4 heterocycles. The molecule has 0 amide bonds. The molecule has 4 aliphatic heterocycles. The van der Waals surface area contributed by atoms with Crippen LogP contribution in [-0.4, -0.2) is 12.3 Å². The number of rotatable bonds is 4. The number of fused-ring (bicyclic) bond motifs is 3. The third kappa shape index (κ3) is 5.85. The van der Waals surface area contributed by atoms with Crippen LogP contribution in [0.3, 0.4) is 0 Å². The number of nitrogens with zero attached hydrogens (tertiary/aromatic N) is 3. The molecular weight excluding hydrogens is 822 g/mol. The fourth-order valence-corrected chi connectivity index (χ4v) is 13.7. The van der Waals surface area contributed by atoms with Crippen LogP contribution in [0.15, 0.2) is 146 Å². The lowest BCUT2D eigenvalue weighted by molar-refractivity contribution is 0.195. The third-order valence-electron chi connectivity index (χ3n) is 17.7. The Hall–Kier alpha value is -6.00. The van der Waals surface area contributed by atoms with E-state index in [1.54, 1.807) is 0 Å². The third-order valence-corrected chi connectivity index (χ3v) is 17.7. The molecule has 12 rings (SSSR count). The van der Waals surface area contributed by atoms with E-state index in [0.717, 1.165) is 6.42 Å². The summed E-state index contributed by atoms with van der Waals surface area (Å²) in [4.78, 5) is 8.16. The van der Waals surface area contributed by atoms with Gasteiger partial charge in [-0.25, -0.2) is 0 Å². The first kappa shape index (κ1) is 43.3. The Labute approximate surface area is 407 Å². The number of hydrogen-bond donors (Lipinski definition) is 0. The predicted molar refractivity (Wildman–Crippen MR) is 291 cm³/mol. The number of anilines is 8. The quantitative estimate of drug-likeness (QED) is 0.163. The van der Waals surface area contributed by atoms with Crippen LogP contribution >= 0.6 is 0 Å². The zero-order valence-corrected chi connectivity index (χ0v) is 42.6. The average molecular weight is 890 g/mol. The summed E-state index contributed by atoms with van der Waals surface area (Å²) < 4.78 is 0. The summed E-state index contributed by atoms with van der Waals surface area (Å²) >= 11 is 0. The van der Waals surface area contributed by atoms with E-state index in [4.69, 9.17) is 0 Å². The van der Waals surface area contributed by atoms with Gasteiger partial charge in [-0.1, -0.05) is 173 Å². The van der Waals surface area contributed by atoms with Crippen molar-refractivity contribution in [2.75, 3.05) is 14.7 Å². The first-order chi connectivity index (χ1) is 32.2. The van der Waals surface area contributed by atoms with E-state index in [9.17, 15) is 0 Å². The first-order valence-corrected chi connectivity index (χ1v) is 25.5. The van der Waals surface area contributed by atoms with Crippen molar-refractivity contribution in [3.05, 3.63) is 185 Å². The molecule has 3 nitrogen and oxygen atoms in total. The summed E-state index contributed by atoms with van der Waals surface area (Å²) in [5, 5.41) is 0. The summed E-state index contributed by atoms with van der Waals surface area (Å²) in [7, 11) is 0. The van der Waals surface area contributed by atoms with E-state index in [-0.39, 0.29) is 33.9 Å². The van der Waals surface area contributed by atoms with E-state index in [2.05, 4.69) is 243 Å². The molecule has 4 heteroatoms. The fraction of sp³-hybridized carbons (Fsp3) is 0.344. The maximum absolute atomic E-state index is 2.80. The van der Waals surface area contributed by atoms with Crippen molar-refractivity contribution >= 4 is 68.6 Å². The molecule has 0 saturated heterocycles. The molecule has 0 bridgehead atoms. The number of para-hydroxylation sites is 1. The summed E-state index contributed by atoms with van der Waals surface area (Å²) in [6.45, 7) is 28.9. The average Bonchev–Trinajstić information content (AvgIpc) is 3.52. The van der Waals surface area contributed by atoms with Crippen molar-refractivity contribution < 1.29 is 0 Å². The Kier molecular flexibility index (Phi) is 9.10. The Morgan fingerprint density at radius 2 is 0.912 bits per heavy atom. The van der Waals surface area contributed by atoms with E-state index in [1.165, 1.54) is 120 Å². The largest absolute Gasteiger partial charge is 0.334 e. The molecule has 0 radical (unpaired) electrons. The van der Waals surface area contributed by atoms with Crippen molar-refractivity contribution in [1.82, 2.24) is 0 Å². The topological polar surface area (TPSA) is 9.72 Å². The highest BCUT2D eigenvalue weighted by atomic mass is 15.3. The number of benzene rings is 7. The minimum Gasteiger partial charge on any atom is -0.334 e. The molecule has 0 aromatic heterocycles. The molecule has 0 spiro atoms. The van der Waals surface area contributed by atoms with Gasteiger partial charge in [0.2, 0.25) is 0 Å². The number of hydrogen-bond acceptors (Lipinski definition) is 3. The summed E-state index contributed by atoms with van der Waals surface area (Å²) in [5.41, 5.74) is 23.5. The second kappa shape index (κ2) is 14.3. The monoisotopic (exact) mass is 890 g/mol. The lowest BCUT2D eigenvalue weighted by Gasteiger charge is -2.53. The molecule has 1 fully saturated rings. The van der Waals surface area contributed by atoms with Crippen LogP contribution in [0.2, 0.25) is 0 Å². The highest BCUT2D eigenvalue weighted by Gasteiger charge is 2.59. The van der Waals surface area contributed by atoms with Gasteiger partial charge in [0.1, 0.15) is 0 Å². The molecule has 3 atom stereocenters. The van der Waals surface area contributed by atoms with Crippen molar-refractivity contribution in [2.45, 2.75) is 141 Å². The zero-order valence-electron chi connectivity index (χ0n) is 42.6. The Morgan fingerprint density at radius 1 is 0.412 bits per heavy atom. The van der Waals surface area contributed by atoms with Crippen LogP contribution in [-0.2, 0) is 27.1 Å². The predicted octanol–water partition coefficient (Wildman–Crippen LogP) is 15.1. The van der Waals surface area contributed by atoms with Crippen LogP contribution in [0, 0.1) is 0 Å². The van der Waals surface area contributed by atoms with Gasteiger partial charge in [-0.15, -0.1) is 0 Å². The highest BCUT2D eigenvalue weighted by molar-refractivity contribution is 7.01. The maximum atomic E-state index is 2.80. The normalized spacial score (nSPS) is 22.2. The molecule has 1 saturated carbocycles. The van der Waals surface area contributed by atoms with Crippen LogP contribution < -0.4 is 31.1 Å². The van der Waals surface area contributed by atoms with E-state index in [1.807, 2.05) is 0 Å². The molecule has 342 valence electrons. The smallest absolute Gasteiger partial charge is 0.252 e. The molecular formula is C64H68BN3. The van der Waals surface area contributed by atoms with Gasteiger partial charge in [0.15, 0.2) is 0 Å². The molecule has 1 aliphatic carbocycles. The minimum absolute atomic E-state index is 0.0219. The van der Waals surface area contributed by atoms with Gasteiger partial charge in [0, 0.05) is 56.3 Å². The molecule has 5 aliphatic rings. The first-order valence-electron chi connectivity index (χ1n) is 25.5. The van der Waals surface area contributed by atoms with Crippen molar-refractivity contribution in [2.24, 2.45) is 0 Å². The SMILES string of the molecule is CC(C)(C)c1ccc(N2c3cc(N4c5ccccc5C5(C)CCCCC45C)cc4c3B3c5c2cccc5C(C)(c2ccccc2)c2cccc(c23)N4c2cc(C(C)(C)C)cc(C(C)(C)C)c2)cc1. The zero-order chi connectivity index (χ0) is 47.5. The summed E-state index contributed by atoms with van der Waals surface area (Å²) in [6.07, 6.45) is 4.83. The molecule has 3 unspecified atom stereocenters. The van der Waals surface area contributed by atoms with E-state index < -0.39 is 5.41 Å². The molecule has 68 heavy (non-hydrogen) atoms. The lowest BCUT2D eigenvalue weighted by Crippen LogP contribution is -2.67. The summed E-state index contributed by atoms with van der Waals surface area (Å²) in [5.74, 6) is 0. The van der Waals surface area contributed by atoms with Crippen LogP contribution in [0.25, 0.3) is 0 Å². The maximum Gasteiger partial charge on any atom is 0.252 e. The van der Waals surface area contributed by atoms with Crippen LogP contribution in [0.4, 0.5) is 45.5 Å².